The maximum atomic E-state index is 12.9. The average molecular weight is 351 g/mol. The number of thiophene rings is 1. The van der Waals surface area contributed by atoms with Crippen LogP contribution in [0.2, 0.25) is 0 Å². The molecule has 0 aliphatic carbocycles. The number of hydrogen-bond acceptors (Lipinski definition) is 5. The highest BCUT2D eigenvalue weighted by Crippen LogP contribution is 2.33. The molecule has 0 aliphatic heterocycles. The summed E-state index contributed by atoms with van der Waals surface area (Å²) in [4.78, 5) is 25.1. The average Bonchev–Trinajstić information content (AvgIpc) is 2.83. The molecule has 0 saturated carbocycles. The second kappa shape index (κ2) is 7.44. The number of carbonyl (C=O) groups excluding carboxylic acids is 2. The van der Waals surface area contributed by atoms with Gasteiger partial charge in [0.25, 0.3) is 5.91 Å². The number of aryl methyl sites for hydroxylation is 1. The van der Waals surface area contributed by atoms with Gasteiger partial charge in [0.1, 0.15) is 16.6 Å². The first-order valence-corrected chi connectivity index (χ1v) is 8.06. The lowest BCUT2D eigenvalue weighted by Gasteiger charge is -2.14. The first kappa shape index (κ1) is 17.9. The van der Waals surface area contributed by atoms with Crippen LogP contribution in [0.25, 0.3) is 0 Å². The fraction of sp³-hybridized carbons (Fsp3) is 0.294. The van der Waals surface area contributed by atoms with Gasteiger partial charge in [-0.3, -0.25) is 4.79 Å². The van der Waals surface area contributed by atoms with E-state index in [2.05, 4.69) is 5.32 Å². The Bertz CT molecular complexity index is 755. The smallest absolute Gasteiger partial charge is 0.341 e. The van der Waals surface area contributed by atoms with E-state index in [9.17, 15) is 14.0 Å². The van der Waals surface area contributed by atoms with Gasteiger partial charge in [-0.15, -0.1) is 11.3 Å². The number of nitrogens with one attached hydrogen (secondary N) is 1. The zero-order valence-corrected chi connectivity index (χ0v) is 14.6. The predicted octanol–water partition coefficient (Wildman–Crippen LogP) is 3.70. The molecule has 24 heavy (non-hydrogen) atoms. The topological polar surface area (TPSA) is 64.6 Å². The molecule has 1 heterocycles. The molecule has 7 heteroatoms. The number of amides is 1. The molecule has 2 rings (SSSR count). The summed E-state index contributed by atoms with van der Waals surface area (Å²) in [7, 11) is 1.29. The highest BCUT2D eigenvalue weighted by atomic mass is 32.1. The molecule has 1 aromatic carbocycles. The normalized spacial score (nSPS) is 11.7. The van der Waals surface area contributed by atoms with Crippen LogP contribution < -0.4 is 10.1 Å². The van der Waals surface area contributed by atoms with Gasteiger partial charge in [-0.25, -0.2) is 9.18 Å². The molecule has 1 aromatic heterocycles. The van der Waals surface area contributed by atoms with Crippen molar-refractivity contribution in [2.24, 2.45) is 0 Å². The minimum atomic E-state index is -0.816. The summed E-state index contributed by atoms with van der Waals surface area (Å²) in [6, 6.07) is 5.39. The van der Waals surface area contributed by atoms with Crippen LogP contribution in [0.1, 0.15) is 27.7 Å². The number of esters is 1. The third-order valence-electron chi connectivity index (χ3n) is 3.51. The van der Waals surface area contributed by atoms with Crippen LogP contribution in [0, 0.1) is 19.7 Å². The highest BCUT2D eigenvalue weighted by Gasteiger charge is 2.24. The second-order valence-electron chi connectivity index (χ2n) is 5.18. The van der Waals surface area contributed by atoms with E-state index in [1.807, 2.05) is 6.92 Å². The number of carbonyl (C=O) groups is 2. The Labute approximate surface area is 143 Å². The molecule has 128 valence electrons. The Kier molecular flexibility index (Phi) is 5.56. The molecule has 0 unspecified atom stereocenters. The molecule has 2 aromatic rings. The van der Waals surface area contributed by atoms with Gasteiger partial charge in [-0.2, -0.15) is 0 Å². The summed E-state index contributed by atoms with van der Waals surface area (Å²) in [6.45, 7) is 5.23. The van der Waals surface area contributed by atoms with Crippen LogP contribution in [0.4, 0.5) is 9.39 Å². The zero-order chi connectivity index (χ0) is 17.9. The number of halogens is 1. The molecule has 0 fully saturated rings. The van der Waals surface area contributed by atoms with Gasteiger partial charge in [0, 0.05) is 4.88 Å². The first-order valence-electron chi connectivity index (χ1n) is 7.25. The molecular formula is C17H18FNO4S. The summed E-state index contributed by atoms with van der Waals surface area (Å²) >= 11 is 1.30. The lowest BCUT2D eigenvalue weighted by Crippen LogP contribution is -2.30. The van der Waals surface area contributed by atoms with E-state index < -0.39 is 18.0 Å². The molecule has 1 atom stereocenters. The summed E-state index contributed by atoms with van der Waals surface area (Å²) in [5.41, 5.74) is 1.12. The molecule has 0 aliphatic rings. The van der Waals surface area contributed by atoms with Crippen LogP contribution in [-0.2, 0) is 9.53 Å². The van der Waals surface area contributed by atoms with Gasteiger partial charge < -0.3 is 14.8 Å². The third kappa shape index (κ3) is 3.91. The Morgan fingerprint density at radius 2 is 1.83 bits per heavy atom. The Hall–Kier alpha value is -2.41. The minimum Gasteiger partial charge on any atom is -0.481 e. The van der Waals surface area contributed by atoms with Crippen LogP contribution in [0.5, 0.6) is 5.75 Å². The summed E-state index contributed by atoms with van der Waals surface area (Å²) in [6.07, 6.45) is -0.816. The van der Waals surface area contributed by atoms with E-state index in [1.54, 1.807) is 13.8 Å². The lowest BCUT2D eigenvalue weighted by atomic mass is 10.1. The van der Waals surface area contributed by atoms with Crippen molar-refractivity contribution in [3.05, 3.63) is 46.1 Å². The van der Waals surface area contributed by atoms with Crippen molar-refractivity contribution in [2.45, 2.75) is 26.9 Å². The lowest BCUT2D eigenvalue weighted by molar-refractivity contribution is -0.122. The minimum absolute atomic E-state index is 0.349. The largest absolute Gasteiger partial charge is 0.481 e. The van der Waals surface area contributed by atoms with Crippen LogP contribution in [-0.4, -0.2) is 25.1 Å². The Morgan fingerprint density at radius 1 is 1.21 bits per heavy atom. The maximum absolute atomic E-state index is 12.9. The number of rotatable bonds is 5. The van der Waals surface area contributed by atoms with Crippen molar-refractivity contribution in [1.82, 2.24) is 0 Å². The quantitative estimate of drug-likeness (QED) is 0.835. The van der Waals surface area contributed by atoms with Crippen molar-refractivity contribution < 1.29 is 23.5 Å². The maximum Gasteiger partial charge on any atom is 0.341 e. The van der Waals surface area contributed by atoms with Gasteiger partial charge in [0.05, 0.1) is 12.7 Å². The molecule has 0 saturated heterocycles. The van der Waals surface area contributed by atoms with E-state index in [-0.39, 0.29) is 5.82 Å². The van der Waals surface area contributed by atoms with E-state index in [1.165, 1.54) is 42.7 Å². The van der Waals surface area contributed by atoms with Crippen molar-refractivity contribution in [2.75, 3.05) is 12.4 Å². The van der Waals surface area contributed by atoms with Crippen molar-refractivity contribution in [3.63, 3.8) is 0 Å². The molecular weight excluding hydrogens is 333 g/mol. The van der Waals surface area contributed by atoms with Gasteiger partial charge in [0.2, 0.25) is 0 Å². The predicted molar refractivity (Wildman–Crippen MR) is 90.3 cm³/mol. The Morgan fingerprint density at radius 3 is 2.42 bits per heavy atom. The molecule has 0 spiro atoms. The first-order chi connectivity index (χ1) is 11.3. The van der Waals surface area contributed by atoms with E-state index in [0.717, 1.165) is 10.4 Å². The third-order valence-corrected chi connectivity index (χ3v) is 4.63. The summed E-state index contributed by atoms with van der Waals surface area (Å²) in [5.74, 6) is -0.914. The van der Waals surface area contributed by atoms with Gasteiger partial charge >= 0.3 is 5.97 Å². The molecule has 1 N–H and O–H groups in total. The molecule has 0 radical (unpaired) electrons. The zero-order valence-electron chi connectivity index (χ0n) is 13.8. The molecule has 5 nitrogen and oxygen atoms in total. The fourth-order valence-corrected chi connectivity index (χ4v) is 3.10. The fourth-order valence-electron chi connectivity index (χ4n) is 2.05. The second-order valence-corrected chi connectivity index (χ2v) is 6.41. The van der Waals surface area contributed by atoms with Gasteiger partial charge in [-0.1, -0.05) is 0 Å². The number of hydrogen-bond donors (Lipinski definition) is 1. The molecule has 1 amide bonds. The van der Waals surface area contributed by atoms with Gasteiger partial charge in [-0.05, 0) is 50.6 Å². The van der Waals surface area contributed by atoms with Crippen molar-refractivity contribution in [3.8, 4) is 5.75 Å². The van der Waals surface area contributed by atoms with Crippen molar-refractivity contribution in [1.29, 1.82) is 0 Å². The standard InChI is InChI=1S/C17H18FNO4S/c1-9-11(3)24-16(14(9)17(21)22-4)19-15(20)10(2)23-13-7-5-12(18)6-8-13/h5-8,10H,1-4H3,(H,19,20)/t10-/m1/s1. The van der Waals surface area contributed by atoms with Crippen LogP contribution in [0.15, 0.2) is 24.3 Å². The van der Waals surface area contributed by atoms with Gasteiger partial charge in [0.15, 0.2) is 6.10 Å². The van der Waals surface area contributed by atoms with Crippen LogP contribution >= 0.6 is 11.3 Å². The van der Waals surface area contributed by atoms with E-state index in [4.69, 9.17) is 9.47 Å². The van der Waals surface area contributed by atoms with E-state index in [0.29, 0.717) is 16.3 Å². The van der Waals surface area contributed by atoms with Crippen LogP contribution in [0.3, 0.4) is 0 Å². The van der Waals surface area contributed by atoms with Crippen molar-refractivity contribution >= 4 is 28.2 Å². The number of benzene rings is 1. The highest BCUT2D eigenvalue weighted by molar-refractivity contribution is 7.16. The Balaban J connectivity index is 2.13. The summed E-state index contributed by atoms with van der Waals surface area (Å²) in [5, 5.41) is 3.13. The number of ether oxygens (including phenoxy) is 2. The number of methoxy groups -OCH3 is 1. The molecule has 0 bridgehead atoms. The number of anilines is 1. The monoisotopic (exact) mass is 351 g/mol. The van der Waals surface area contributed by atoms with E-state index >= 15 is 0 Å². The summed E-state index contributed by atoms with van der Waals surface area (Å²) < 4.78 is 23.1. The SMILES string of the molecule is COC(=O)c1c(NC(=O)[C@@H](C)Oc2ccc(F)cc2)sc(C)c1C.